The highest BCUT2D eigenvalue weighted by atomic mass is 32.2. The maximum absolute atomic E-state index is 12.3. The fourth-order valence-electron chi connectivity index (χ4n) is 1.69. The van der Waals surface area contributed by atoms with Gasteiger partial charge in [-0.05, 0) is 37.8 Å². The molecule has 0 aliphatic heterocycles. The summed E-state index contributed by atoms with van der Waals surface area (Å²) in [5.74, 6) is 0.562. The van der Waals surface area contributed by atoms with Crippen LogP contribution in [0.4, 0.5) is 5.69 Å². The van der Waals surface area contributed by atoms with Crippen molar-refractivity contribution in [2.75, 3.05) is 18.7 Å². The van der Waals surface area contributed by atoms with Crippen LogP contribution in [0.3, 0.4) is 0 Å². The highest BCUT2D eigenvalue weighted by Crippen LogP contribution is 2.31. The van der Waals surface area contributed by atoms with Gasteiger partial charge < -0.3 is 10.1 Å². The summed E-state index contributed by atoms with van der Waals surface area (Å²) >= 11 is 4.45. The molecule has 5 nitrogen and oxygen atoms in total. The molecule has 0 aliphatic rings. The number of aryl methyl sites for hydroxylation is 1. The van der Waals surface area contributed by atoms with Gasteiger partial charge >= 0.3 is 0 Å². The van der Waals surface area contributed by atoms with Crippen molar-refractivity contribution in [3.8, 4) is 5.75 Å². The summed E-state index contributed by atoms with van der Waals surface area (Å²) < 4.78 is 6.97. The van der Waals surface area contributed by atoms with Gasteiger partial charge in [-0.3, -0.25) is 4.79 Å². The summed E-state index contributed by atoms with van der Waals surface area (Å²) in [6.07, 6.45) is 1.95. The van der Waals surface area contributed by atoms with Crippen molar-refractivity contribution in [1.29, 1.82) is 0 Å². The molecule has 1 heterocycles. The number of hydrogen-bond donors (Lipinski definition) is 1. The summed E-state index contributed by atoms with van der Waals surface area (Å²) in [6.45, 7) is 3.82. The first-order valence-corrected chi connectivity index (χ1v) is 9.45. The first-order chi connectivity index (χ1) is 10.5. The molecule has 1 N–H and O–H groups in total. The van der Waals surface area contributed by atoms with Crippen LogP contribution < -0.4 is 10.1 Å². The van der Waals surface area contributed by atoms with Crippen molar-refractivity contribution in [3.05, 3.63) is 23.8 Å². The summed E-state index contributed by atoms with van der Waals surface area (Å²) in [6, 6.07) is 5.68. The minimum Gasteiger partial charge on any atom is -0.495 e. The number of thioether (sulfide) groups is 2. The van der Waals surface area contributed by atoms with Gasteiger partial charge in [-0.2, -0.15) is 0 Å². The summed E-state index contributed by atoms with van der Waals surface area (Å²) in [5.41, 5.74) is 1.74. The molecule has 0 spiro atoms. The number of ether oxygens (including phenoxy) is 1. The second-order valence-corrected chi connectivity index (χ2v) is 8.11. The van der Waals surface area contributed by atoms with Gasteiger partial charge in [-0.15, -0.1) is 10.2 Å². The Bertz CT molecular complexity index is 661. The van der Waals surface area contributed by atoms with Gasteiger partial charge in [-0.25, -0.2) is 0 Å². The van der Waals surface area contributed by atoms with Crippen molar-refractivity contribution in [1.82, 2.24) is 10.2 Å². The van der Waals surface area contributed by atoms with Crippen molar-refractivity contribution < 1.29 is 9.53 Å². The largest absolute Gasteiger partial charge is 0.495 e. The molecular formula is C14H17N3O2S3. The molecule has 118 valence electrons. The van der Waals surface area contributed by atoms with Crippen LogP contribution in [0.5, 0.6) is 5.75 Å². The molecular weight excluding hydrogens is 338 g/mol. The van der Waals surface area contributed by atoms with E-state index in [1.807, 2.05) is 38.3 Å². The van der Waals surface area contributed by atoms with Crippen LogP contribution in [-0.2, 0) is 4.79 Å². The standard InChI is InChI=1S/C14H17N3O2S3/c1-8-5-6-11(19-3)10(7-8)15-12(18)9(2)21-14-17-16-13(20-4)22-14/h5-7,9H,1-4H3,(H,15,18)/t9-/m0/s1. The smallest absolute Gasteiger partial charge is 0.237 e. The average Bonchev–Trinajstić information content (AvgIpc) is 2.95. The fraction of sp³-hybridized carbons (Fsp3) is 0.357. The van der Waals surface area contributed by atoms with E-state index in [0.29, 0.717) is 11.4 Å². The number of nitrogens with one attached hydrogen (secondary N) is 1. The second kappa shape index (κ2) is 7.85. The summed E-state index contributed by atoms with van der Waals surface area (Å²) in [4.78, 5) is 12.3. The van der Waals surface area contributed by atoms with Gasteiger partial charge in [0.2, 0.25) is 5.91 Å². The van der Waals surface area contributed by atoms with Crippen LogP contribution in [-0.4, -0.2) is 34.7 Å². The van der Waals surface area contributed by atoms with E-state index < -0.39 is 0 Å². The Hall–Kier alpha value is -1.25. The van der Waals surface area contributed by atoms with E-state index in [0.717, 1.165) is 14.2 Å². The number of benzene rings is 1. The Labute approximate surface area is 142 Å². The lowest BCUT2D eigenvalue weighted by Gasteiger charge is -2.13. The molecule has 0 saturated carbocycles. The van der Waals surface area contributed by atoms with Crippen molar-refractivity contribution in [3.63, 3.8) is 0 Å². The monoisotopic (exact) mass is 355 g/mol. The van der Waals surface area contributed by atoms with E-state index in [1.54, 1.807) is 18.9 Å². The van der Waals surface area contributed by atoms with Gasteiger partial charge in [0.25, 0.3) is 0 Å². The lowest BCUT2D eigenvalue weighted by Crippen LogP contribution is -2.22. The Balaban J connectivity index is 2.03. The fourth-order valence-corrected chi connectivity index (χ4v) is 4.27. The third-order valence-corrected chi connectivity index (χ3v) is 5.91. The molecule has 0 saturated heterocycles. The summed E-state index contributed by atoms with van der Waals surface area (Å²) in [5, 5.41) is 10.7. The summed E-state index contributed by atoms with van der Waals surface area (Å²) in [7, 11) is 1.59. The van der Waals surface area contributed by atoms with E-state index in [1.165, 1.54) is 23.1 Å². The maximum atomic E-state index is 12.3. The highest BCUT2D eigenvalue weighted by Gasteiger charge is 2.18. The molecule has 0 aliphatic carbocycles. The second-order valence-electron chi connectivity index (χ2n) is 4.49. The van der Waals surface area contributed by atoms with E-state index in [4.69, 9.17) is 4.74 Å². The van der Waals surface area contributed by atoms with Crippen molar-refractivity contribution in [2.45, 2.75) is 27.8 Å². The number of anilines is 1. The van der Waals surface area contributed by atoms with Crippen LogP contribution in [0.1, 0.15) is 12.5 Å². The van der Waals surface area contributed by atoms with Crippen LogP contribution >= 0.6 is 34.9 Å². The number of nitrogens with zero attached hydrogens (tertiary/aromatic N) is 2. The van der Waals surface area contributed by atoms with Gasteiger partial charge in [0.05, 0.1) is 18.0 Å². The lowest BCUT2D eigenvalue weighted by atomic mass is 10.2. The van der Waals surface area contributed by atoms with Crippen LogP contribution in [0, 0.1) is 6.92 Å². The van der Waals surface area contributed by atoms with Crippen LogP contribution in [0.2, 0.25) is 0 Å². The molecule has 0 fully saturated rings. The number of aromatic nitrogens is 2. The SMILES string of the molecule is COc1ccc(C)cc1NC(=O)[C@H](C)Sc1nnc(SC)s1. The maximum Gasteiger partial charge on any atom is 0.237 e. The quantitative estimate of drug-likeness (QED) is 0.797. The van der Waals surface area contributed by atoms with Crippen molar-refractivity contribution in [2.24, 2.45) is 0 Å². The molecule has 1 aromatic carbocycles. The minimum atomic E-state index is -0.270. The predicted molar refractivity (Wildman–Crippen MR) is 93.4 cm³/mol. The topological polar surface area (TPSA) is 64.1 Å². The number of carbonyl (C=O) groups excluding carboxylic acids is 1. The van der Waals surface area contributed by atoms with Crippen LogP contribution in [0.25, 0.3) is 0 Å². The molecule has 22 heavy (non-hydrogen) atoms. The van der Waals surface area contributed by atoms with E-state index in [-0.39, 0.29) is 11.2 Å². The molecule has 1 atom stereocenters. The number of methoxy groups -OCH3 is 1. The predicted octanol–water partition coefficient (Wildman–Crippen LogP) is 3.70. The van der Waals surface area contributed by atoms with E-state index in [9.17, 15) is 4.79 Å². The Kier molecular flexibility index (Phi) is 6.10. The number of rotatable bonds is 6. The number of amides is 1. The highest BCUT2D eigenvalue weighted by molar-refractivity contribution is 8.03. The third kappa shape index (κ3) is 4.37. The molecule has 1 amide bonds. The Morgan fingerprint density at radius 3 is 2.73 bits per heavy atom. The molecule has 2 rings (SSSR count). The normalized spacial score (nSPS) is 12.0. The lowest BCUT2D eigenvalue weighted by molar-refractivity contribution is -0.115. The molecule has 0 bridgehead atoms. The van der Waals surface area contributed by atoms with E-state index >= 15 is 0 Å². The number of hydrogen-bond acceptors (Lipinski definition) is 7. The number of carbonyl (C=O) groups is 1. The van der Waals surface area contributed by atoms with E-state index in [2.05, 4.69) is 15.5 Å². The van der Waals surface area contributed by atoms with Gasteiger partial charge in [0.1, 0.15) is 5.75 Å². The third-order valence-electron chi connectivity index (χ3n) is 2.82. The molecule has 2 aromatic rings. The molecule has 1 aromatic heterocycles. The molecule has 0 radical (unpaired) electrons. The first kappa shape index (κ1) is 17.1. The zero-order chi connectivity index (χ0) is 16.1. The van der Waals surface area contributed by atoms with Gasteiger partial charge in [0.15, 0.2) is 8.68 Å². The molecule has 0 unspecified atom stereocenters. The van der Waals surface area contributed by atoms with Gasteiger partial charge in [-0.1, -0.05) is 40.9 Å². The average molecular weight is 356 g/mol. The Morgan fingerprint density at radius 2 is 2.09 bits per heavy atom. The van der Waals surface area contributed by atoms with Crippen LogP contribution in [0.15, 0.2) is 26.9 Å². The van der Waals surface area contributed by atoms with Crippen molar-refractivity contribution >= 4 is 46.5 Å². The first-order valence-electron chi connectivity index (χ1n) is 6.53. The Morgan fingerprint density at radius 1 is 1.36 bits per heavy atom. The minimum absolute atomic E-state index is 0.0881. The van der Waals surface area contributed by atoms with Gasteiger partial charge in [0, 0.05) is 0 Å². The zero-order valence-corrected chi connectivity index (χ0v) is 15.2. The molecule has 8 heteroatoms. The zero-order valence-electron chi connectivity index (χ0n) is 12.7.